The van der Waals surface area contributed by atoms with Crippen molar-refractivity contribution < 1.29 is 12.8 Å². The highest BCUT2D eigenvalue weighted by molar-refractivity contribution is 9.10. The summed E-state index contributed by atoms with van der Waals surface area (Å²) in [4.78, 5) is 4.01. The number of hydrogen-bond acceptors (Lipinski definition) is 4. The molecule has 0 saturated carbocycles. The summed E-state index contributed by atoms with van der Waals surface area (Å²) in [5.41, 5.74) is 0. The van der Waals surface area contributed by atoms with Gasteiger partial charge in [-0.25, -0.2) is 4.98 Å². The van der Waals surface area contributed by atoms with E-state index in [9.17, 15) is 8.42 Å². The van der Waals surface area contributed by atoms with Crippen LogP contribution in [0, 0.1) is 6.92 Å². The standard InChI is InChI=1S/C11H11BrN2O3S/c1-8-3-4-11(17-8)18(15,16)14(2)10-7-9(12)5-6-13-10/h3-7H,1-2H3. The summed E-state index contributed by atoms with van der Waals surface area (Å²) in [5.74, 6) is 0.864. The maximum Gasteiger partial charge on any atom is 0.298 e. The number of pyridine rings is 1. The average molecular weight is 331 g/mol. The Bertz CT molecular complexity index is 666. The molecule has 96 valence electrons. The van der Waals surface area contributed by atoms with Crippen LogP contribution in [0.4, 0.5) is 5.82 Å². The van der Waals surface area contributed by atoms with Crippen molar-refractivity contribution in [2.75, 3.05) is 11.4 Å². The molecule has 0 aliphatic heterocycles. The van der Waals surface area contributed by atoms with E-state index in [2.05, 4.69) is 20.9 Å². The van der Waals surface area contributed by atoms with E-state index in [0.717, 1.165) is 8.78 Å². The number of nitrogens with zero attached hydrogens (tertiary/aromatic N) is 2. The highest BCUT2D eigenvalue weighted by atomic mass is 79.9. The van der Waals surface area contributed by atoms with E-state index in [4.69, 9.17) is 4.42 Å². The Labute approximate surface area is 114 Å². The van der Waals surface area contributed by atoms with Crippen molar-refractivity contribution in [1.82, 2.24) is 4.98 Å². The molecule has 0 atom stereocenters. The third kappa shape index (κ3) is 2.41. The first kappa shape index (κ1) is 13.1. The molecule has 2 rings (SSSR count). The van der Waals surface area contributed by atoms with Gasteiger partial charge < -0.3 is 4.42 Å². The molecule has 0 fully saturated rings. The van der Waals surface area contributed by atoms with Crippen LogP contribution in [0.3, 0.4) is 0 Å². The van der Waals surface area contributed by atoms with E-state index in [-0.39, 0.29) is 5.09 Å². The summed E-state index contributed by atoms with van der Waals surface area (Å²) in [5, 5.41) is -0.0933. The molecule has 0 radical (unpaired) electrons. The average Bonchev–Trinajstić information content (AvgIpc) is 2.75. The number of furan rings is 1. The Balaban J connectivity index is 2.42. The van der Waals surface area contributed by atoms with Gasteiger partial charge in [0.1, 0.15) is 11.6 Å². The fourth-order valence-corrected chi connectivity index (χ4v) is 2.79. The minimum absolute atomic E-state index is 0.0933. The second-order valence-corrected chi connectivity index (χ2v) is 6.49. The number of aromatic nitrogens is 1. The molecule has 0 bridgehead atoms. The summed E-state index contributed by atoms with van der Waals surface area (Å²) >= 11 is 3.27. The highest BCUT2D eigenvalue weighted by Gasteiger charge is 2.25. The van der Waals surface area contributed by atoms with Crippen LogP contribution in [0.2, 0.25) is 0 Å². The van der Waals surface area contributed by atoms with Gasteiger partial charge in [-0.2, -0.15) is 8.42 Å². The Morgan fingerprint density at radius 1 is 1.33 bits per heavy atom. The zero-order chi connectivity index (χ0) is 13.3. The zero-order valence-electron chi connectivity index (χ0n) is 9.79. The predicted octanol–water partition coefficient (Wildman–Crippen LogP) is 2.57. The Morgan fingerprint density at radius 3 is 2.61 bits per heavy atom. The van der Waals surface area contributed by atoms with Gasteiger partial charge in [0.15, 0.2) is 0 Å². The van der Waals surface area contributed by atoms with E-state index >= 15 is 0 Å². The van der Waals surface area contributed by atoms with Gasteiger partial charge in [-0.3, -0.25) is 4.31 Å². The molecular weight excluding hydrogens is 320 g/mol. The summed E-state index contributed by atoms with van der Waals surface area (Å²) < 4.78 is 31.5. The minimum Gasteiger partial charge on any atom is -0.448 e. The van der Waals surface area contributed by atoms with E-state index in [1.54, 1.807) is 25.1 Å². The number of hydrogen-bond donors (Lipinski definition) is 0. The largest absolute Gasteiger partial charge is 0.448 e. The molecule has 0 spiro atoms. The topological polar surface area (TPSA) is 63.4 Å². The van der Waals surface area contributed by atoms with Crippen molar-refractivity contribution >= 4 is 31.8 Å². The van der Waals surface area contributed by atoms with Gasteiger partial charge >= 0.3 is 0 Å². The highest BCUT2D eigenvalue weighted by Crippen LogP contribution is 2.23. The van der Waals surface area contributed by atoms with Gasteiger partial charge in [0.05, 0.1) is 0 Å². The SMILES string of the molecule is Cc1ccc(S(=O)(=O)N(C)c2cc(Br)ccn2)o1. The van der Waals surface area contributed by atoms with Gasteiger partial charge in [0, 0.05) is 17.7 Å². The molecule has 0 N–H and O–H groups in total. The molecule has 0 aliphatic rings. The van der Waals surface area contributed by atoms with E-state index in [1.165, 1.54) is 19.3 Å². The second kappa shape index (κ2) is 4.74. The first-order valence-electron chi connectivity index (χ1n) is 5.08. The molecule has 0 aromatic carbocycles. The predicted molar refractivity (Wildman–Crippen MR) is 71.0 cm³/mol. The lowest BCUT2D eigenvalue weighted by molar-refractivity contribution is 0.428. The normalized spacial score (nSPS) is 11.5. The number of halogens is 1. The molecule has 2 aromatic heterocycles. The van der Waals surface area contributed by atoms with Gasteiger partial charge in [-0.1, -0.05) is 15.9 Å². The fourth-order valence-electron chi connectivity index (χ4n) is 1.37. The summed E-state index contributed by atoms with van der Waals surface area (Å²) in [6.07, 6.45) is 1.53. The van der Waals surface area contributed by atoms with Crippen LogP contribution in [0.5, 0.6) is 0 Å². The van der Waals surface area contributed by atoms with E-state index < -0.39 is 10.0 Å². The lowest BCUT2D eigenvalue weighted by Gasteiger charge is -2.16. The third-order valence-corrected chi connectivity index (χ3v) is 4.49. The molecule has 2 heterocycles. The maximum atomic E-state index is 12.2. The van der Waals surface area contributed by atoms with Crippen LogP contribution in [0.15, 0.2) is 44.4 Å². The first-order valence-corrected chi connectivity index (χ1v) is 7.31. The van der Waals surface area contributed by atoms with Gasteiger partial charge in [0.2, 0.25) is 5.09 Å². The van der Waals surface area contributed by atoms with Gasteiger partial charge in [-0.15, -0.1) is 0 Å². The van der Waals surface area contributed by atoms with Crippen molar-refractivity contribution in [2.24, 2.45) is 0 Å². The lowest BCUT2D eigenvalue weighted by Crippen LogP contribution is -2.26. The first-order chi connectivity index (χ1) is 8.41. The molecule has 7 heteroatoms. The Morgan fingerprint density at radius 2 is 2.06 bits per heavy atom. The molecular formula is C11H11BrN2O3S. The van der Waals surface area contributed by atoms with Gasteiger partial charge in [-0.05, 0) is 31.2 Å². The van der Waals surface area contributed by atoms with Crippen LogP contribution >= 0.6 is 15.9 Å². The molecule has 0 saturated heterocycles. The molecule has 18 heavy (non-hydrogen) atoms. The molecule has 5 nitrogen and oxygen atoms in total. The monoisotopic (exact) mass is 330 g/mol. The smallest absolute Gasteiger partial charge is 0.298 e. The quantitative estimate of drug-likeness (QED) is 0.867. The van der Waals surface area contributed by atoms with Crippen molar-refractivity contribution in [3.63, 3.8) is 0 Å². The van der Waals surface area contributed by atoms with Crippen molar-refractivity contribution in [3.05, 3.63) is 40.7 Å². The summed E-state index contributed by atoms with van der Waals surface area (Å²) in [6, 6.07) is 6.38. The van der Waals surface area contributed by atoms with Crippen molar-refractivity contribution in [3.8, 4) is 0 Å². The van der Waals surface area contributed by atoms with Crippen LogP contribution in [-0.4, -0.2) is 20.4 Å². The zero-order valence-corrected chi connectivity index (χ0v) is 12.2. The van der Waals surface area contributed by atoms with Crippen molar-refractivity contribution in [2.45, 2.75) is 12.0 Å². The number of sulfonamides is 1. The summed E-state index contributed by atoms with van der Waals surface area (Å²) in [7, 11) is -2.27. The third-order valence-electron chi connectivity index (χ3n) is 2.36. The van der Waals surface area contributed by atoms with Gasteiger partial charge in [0.25, 0.3) is 10.0 Å². The Hall–Kier alpha value is -1.34. The van der Waals surface area contributed by atoms with E-state index in [1.807, 2.05) is 0 Å². The second-order valence-electron chi connectivity index (χ2n) is 3.67. The van der Waals surface area contributed by atoms with Crippen molar-refractivity contribution in [1.29, 1.82) is 0 Å². The molecule has 0 unspecified atom stereocenters. The Kier molecular flexibility index (Phi) is 3.45. The molecule has 2 aromatic rings. The number of rotatable bonds is 3. The fraction of sp³-hybridized carbons (Fsp3) is 0.182. The van der Waals surface area contributed by atoms with Crippen LogP contribution < -0.4 is 4.31 Å². The van der Waals surface area contributed by atoms with Crippen LogP contribution in [0.25, 0.3) is 0 Å². The maximum absolute atomic E-state index is 12.2. The molecule has 0 amide bonds. The number of aryl methyl sites for hydroxylation is 1. The van der Waals surface area contributed by atoms with Crippen LogP contribution in [0.1, 0.15) is 5.76 Å². The lowest BCUT2D eigenvalue weighted by atomic mass is 10.5. The summed E-state index contributed by atoms with van der Waals surface area (Å²) in [6.45, 7) is 1.69. The van der Waals surface area contributed by atoms with Crippen LogP contribution in [-0.2, 0) is 10.0 Å². The van der Waals surface area contributed by atoms with E-state index in [0.29, 0.717) is 11.6 Å². The molecule has 0 aliphatic carbocycles. The number of anilines is 1. The minimum atomic E-state index is -3.70.